The molecule has 0 saturated heterocycles. The van der Waals surface area contributed by atoms with Crippen LogP contribution in [-0.4, -0.2) is 24.0 Å². The van der Waals surface area contributed by atoms with Crippen LogP contribution in [-0.2, 0) is 11.4 Å². The number of nitrogens with zero attached hydrogens (tertiary/aromatic N) is 2. The van der Waals surface area contributed by atoms with Crippen LogP contribution in [0.4, 0.5) is 0 Å². The summed E-state index contributed by atoms with van der Waals surface area (Å²) in [5, 5.41) is 4.41. The maximum absolute atomic E-state index is 6.22. The third kappa shape index (κ3) is 4.70. The SMILES string of the molecule is N/C(=N/OCc1cc(Cl)c2c(c1)OCCO2)c1ccc(Oc2ccccc2)nc1. The summed E-state index contributed by atoms with van der Waals surface area (Å²) < 4.78 is 16.7. The van der Waals surface area contributed by atoms with Crippen molar-refractivity contribution >= 4 is 17.4 Å². The van der Waals surface area contributed by atoms with Crippen molar-refractivity contribution in [3.05, 3.63) is 76.9 Å². The molecule has 0 radical (unpaired) electrons. The summed E-state index contributed by atoms with van der Waals surface area (Å²) in [6.45, 7) is 1.14. The van der Waals surface area contributed by atoms with Gasteiger partial charge < -0.3 is 24.8 Å². The van der Waals surface area contributed by atoms with Gasteiger partial charge in [0.15, 0.2) is 17.3 Å². The Morgan fingerprint density at radius 1 is 1.10 bits per heavy atom. The molecule has 0 saturated carbocycles. The zero-order valence-corrected chi connectivity index (χ0v) is 16.1. The normalized spacial score (nSPS) is 13.1. The van der Waals surface area contributed by atoms with Gasteiger partial charge in [-0.05, 0) is 35.9 Å². The fraction of sp³-hybridized carbons (Fsp3) is 0.143. The number of benzene rings is 2. The summed E-state index contributed by atoms with van der Waals surface area (Å²) in [6.07, 6.45) is 1.57. The lowest BCUT2D eigenvalue weighted by Crippen LogP contribution is -2.16. The number of hydrogen-bond donors (Lipinski definition) is 1. The highest BCUT2D eigenvalue weighted by Gasteiger charge is 2.16. The van der Waals surface area contributed by atoms with E-state index in [-0.39, 0.29) is 12.4 Å². The molecule has 0 fully saturated rings. The third-order valence-corrected chi connectivity index (χ3v) is 4.33. The highest BCUT2D eigenvalue weighted by Crippen LogP contribution is 2.38. The van der Waals surface area contributed by atoms with Crippen LogP contribution in [0.5, 0.6) is 23.1 Å². The van der Waals surface area contributed by atoms with Crippen molar-refractivity contribution in [2.75, 3.05) is 13.2 Å². The standard InChI is InChI=1S/C21H18ClN3O4/c22-17-10-14(11-18-20(17)27-9-8-26-18)13-28-25-21(23)15-6-7-19(24-12-15)29-16-4-2-1-3-5-16/h1-7,10-12H,8-9,13H2,(H2,23,25). The molecule has 1 aliphatic heterocycles. The summed E-state index contributed by atoms with van der Waals surface area (Å²) in [5.41, 5.74) is 7.38. The Morgan fingerprint density at radius 3 is 2.72 bits per heavy atom. The van der Waals surface area contributed by atoms with Crippen molar-refractivity contribution in [3.8, 4) is 23.1 Å². The second kappa shape index (κ2) is 8.70. The number of ether oxygens (including phenoxy) is 3. The number of pyridine rings is 1. The molecule has 4 rings (SSSR count). The van der Waals surface area contributed by atoms with E-state index in [2.05, 4.69) is 10.1 Å². The van der Waals surface area contributed by atoms with E-state index < -0.39 is 0 Å². The predicted molar refractivity (Wildman–Crippen MR) is 109 cm³/mol. The largest absolute Gasteiger partial charge is 0.486 e. The highest BCUT2D eigenvalue weighted by molar-refractivity contribution is 6.32. The van der Waals surface area contributed by atoms with Gasteiger partial charge >= 0.3 is 0 Å². The Hall–Kier alpha value is -3.45. The monoisotopic (exact) mass is 411 g/mol. The van der Waals surface area contributed by atoms with E-state index in [0.717, 1.165) is 5.56 Å². The minimum Gasteiger partial charge on any atom is -0.486 e. The maximum atomic E-state index is 6.22. The van der Waals surface area contributed by atoms with E-state index in [1.807, 2.05) is 36.4 Å². The second-order valence-electron chi connectivity index (χ2n) is 6.15. The van der Waals surface area contributed by atoms with Crippen LogP contribution < -0.4 is 19.9 Å². The average Bonchev–Trinajstić information content (AvgIpc) is 2.75. The van der Waals surface area contributed by atoms with Gasteiger partial charge in [0, 0.05) is 17.8 Å². The zero-order chi connectivity index (χ0) is 20.1. The highest BCUT2D eigenvalue weighted by atomic mass is 35.5. The van der Waals surface area contributed by atoms with Crippen LogP contribution in [0.1, 0.15) is 11.1 Å². The minimum absolute atomic E-state index is 0.180. The van der Waals surface area contributed by atoms with Crippen LogP contribution in [0, 0.1) is 0 Å². The Kier molecular flexibility index (Phi) is 5.67. The summed E-state index contributed by atoms with van der Waals surface area (Å²) >= 11 is 6.22. The lowest BCUT2D eigenvalue weighted by Gasteiger charge is -2.20. The lowest BCUT2D eigenvalue weighted by molar-refractivity contribution is 0.129. The van der Waals surface area contributed by atoms with E-state index in [4.69, 9.17) is 36.4 Å². The van der Waals surface area contributed by atoms with Crippen LogP contribution in [0.3, 0.4) is 0 Å². The van der Waals surface area contributed by atoms with E-state index in [0.29, 0.717) is 46.9 Å². The Morgan fingerprint density at radius 2 is 1.93 bits per heavy atom. The Bertz CT molecular complexity index is 1010. The molecule has 2 heterocycles. The second-order valence-corrected chi connectivity index (χ2v) is 6.56. The van der Waals surface area contributed by atoms with Crippen molar-refractivity contribution in [1.29, 1.82) is 0 Å². The Balaban J connectivity index is 1.37. The molecule has 0 unspecified atom stereocenters. The molecule has 1 aromatic heterocycles. The fourth-order valence-corrected chi connectivity index (χ4v) is 2.97. The van der Waals surface area contributed by atoms with Crippen LogP contribution in [0.2, 0.25) is 5.02 Å². The van der Waals surface area contributed by atoms with Crippen LogP contribution >= 0.6 is 11.6 Å². The molecule has 148 valence electrons. The topological polar surface area (TPSA) is 88.2 Å². The van der Waals surface area contributed by atoms with Crippen LogP contribution in [0.15, 0.2) is 65.9 Å². The van der Waals surface area contributed by atoms with Gasteiger partial charge in [0.2, 0.25) is 5.88 Å². The number of halogens is 1. The predicted octanol–water partition coefficient (Wildman–Crippen LogP) is 4.14. The van der Waals surface area contributed by atoms with Gasteiger partial charge in [-0.1, -0.05) is 35.0 Å². The van der Waals surface area contributed by atoms with Gasteiger partial charge in [-0.15, -0.1) is 0 Å². The first-order valence-electron chi connectivity index (χ1n) is 8.92. The maximum Gasteiger partial charge on any atom is 0.219 e. The van der Waals surface area contributed by atoms with Gasteiger partial charge in [-0.3, -0.25) is 0 Å². The van der Waals surface area contributed by atoms with Crippen molar-refractivity contribution in [2.24, 2.45) is 10.9 Å². The Labute approximate surface area is 172 Å². The number of para-hydroxylation sites is 1. The molecule has 0 atom stereocenters. The molecule has 0 spiro atoms. The van der Waals surface area contributed by atoms with E-state index in [9.17, 15) is 0 Å². The first-order chi connectivity index (χ1) is 14.2. The number of fused-ring (bicyclic) bond motifs is 1. The molecule has 0 aliphatic carbocycles. The summed E-state index contributed by atoms with van der Waals surface area (Å²) in [6, 6.07) is 16.4. The number of rotatable bonds is 6. The zero-order valence-electron chi connectivity index (χ0n) is 15.4. The number of oxime groups is 1. The molecule has 2 N–H and O–H groups in total. The minimum atomic E-state index is 0.180. The fourth-order valence-electron chi connectivity index (χ4n) is 2.68. The lowest BCUT2D eigenvalue weighted by atomic mass is 10.2. The van der Waals surface area contributed by atoms with Gasteiger partial charge in [0.1, 0.15) is 25.6 Å². The smallest absolute Gasteiger partial charge is 0.219 e. The van der Waals surface area contributed by atoms with E-state index in [1.165, 1.54) is 0 Å². The molecular formula is C21H18ClN3O4. The van der Waals surface area contributed by atoms with Gasteiger partial charge in [0.25, 0.3) is 0 Å². The molecule has 0 amide bonds. The molecule has 29 heavy (non-hydrogen) atoms. The van der Waals surface area contributed by atoms with E-state index >= 15 is 0 Å². The molecule has 7 nitrogen and oxygen atoms in total. The van der Waals surface area contributed by atoms with Crippen LogP contribution in [0.25, 0.3) is 0 Å². The third-order valence-electron chi connectivity index (χ3n) is 4.05. The molecule has 8 heteroatoms. The van der Waals surface area contributed by atoms with Crippen molar-refractivity contribution in [2.45, 2.75) is 6.61 Å². The average molecular weight is 412 g/mol. The van der Waals surface area contributed by atoms with Gasteiger partial charge in [-0.2, -0.15) is 0 Å². The van der Waals surface area contributed by atoms with Gasteiger partial charge in [0.05, 0.1) is 5.02 Å². The molecule has 2 aromatic carbocycles. The number of hydrogen-bond acceptors (Lipinski definition) is 6. The summed E-state index contributed by atoms with van der Waals surface area (Å²) in [7, 11) is 0. The first-order valence-corrected chi connectivity index (χ1v) is 9.29. The van der Waals surface area contributed by atoms with Gasteiger partial charge in [-0.25, -0.2) is 4.98 Å². The van der Waals surface area contributed by atoms with E-state index in [1.54, 1.807) is 24.4 Å². The number of amidine groups is 1. The van der Waals surface area contributed by atoms with Crippen molar-refractivity contribution < 1.29 is 19.0 Å². The molecule has 0 bridgehead atoms. The quantitative estimate of drug-likeness (QED) is 0.372. The summed E-state index contributed by atoms with van der Waals surface area (Å²) in [4.78, 5) is 9.59. The summed E-state index contributed by atoms with van der Waals surface area (Å²) in [5.74, 6) is 2.51. The number of aromatic nitrogens is 1. The molecule has 1 aliphatic rings. The van der Waals surface area contributed by atoms with Crippen molar-refractivity contribution in [1.82, 2.24) is 4.98 Å². The number of nitrogens with two attached hydrogens (primary N) is 1. The molecular weight excluding hydrogens is 394 g/mol. The first kappa shape index (κ1) is 18.9. The molecule has 3 aromatic rings. The van der Waals surface area contributed by atoms with Crippen molar-refractivity contribution in [3.63, 3.8) is 0 Å².